The van der Waals surface area contributed by atoms with Crippen LogP contribution in [-0.4, -0.2) is 16.4 Å². The second-order valence-corrected chi connectivity index (χ2v) is 12.0. The molecule has 7 aromatic rings. The normalized spacial score (nSPS) is 13.8. The zero-order valence-electron chi connectivity index (χ0n) is 24.7. The van der Waals surface area contributed by atoms with Gasteiger partial charge in [-0.25, -0.2) is 4.90 Å². The van der Waals surface area contributed by atoms with Crippen molar-refractivity contribution in [2.75, 3.05) is 4.90 Å². The summed E-state index contributed by atoms with van der Waals surface area (Å²) in [6.07, 6.45) is -4.54. The Hall–Kier alpha value is -5.95. The van der Waals surface area contributed by atoms with Crippen LogP contribution in [0.4, 0.5) is 18.9 Å². The first-order valence-corrected chi connectivity index (χ1v) is 15.2. The van der Waals surface area contributed by atoms with Crippen LogP contribution in [0, 0.1) is 0 Å². The Morgan fingerprint density at radius 1 is 0.574 bits per heavy atom. The SMILES string of the molecule is O=C1c2c3ccc(c2C(=O)N1c1ccccc1-c1ccccc1)-n1c2ccccc2c2cccc(c21)-c1cc(cc(C(F)(F)F)c1)C3. The van der Waals surface area contributed by atoms with E-state index in [-0.39, 0.29) is 17.5 Å². The third-order valence-electron chi connectivity index (χ3n) is 9.29. The fraction of sp³-hybridized carbons (Fsp3) is 0.0500. The van der Waals surface area contributed by atoms with E-state index >= 15 is 0 Å². The Bertz CT molecular complexity index is 2480. The molecule has 1 aromatic heterocycles. The lowest BCUT2D eigenvalue weighted by Gasteiger charge is -2.19. The van der Waals surface area contributed by atoms with Crippen LogP contribution in [-0.2, 0) is 12.6 Å². The van der Waals surface area contributed by atoms with Gasteiger partial charge >= 0.3 is 6.18 Å². The highest BCUT2D eigenvalue weighted by molar-refractivity contribution is 6.37. The number of fused-ring (bicyclic) bond motifs is 3. The monoisotopic (exact) mass is 620 g/mol. The Morgan fingerprint density at radius 3 is 2.11 bits per heavy atom. The van der Waals surface area contributed by atoms with Gasteiger partial charge in [-0.3, -0.25) is 9.59 Å². The van der Waals surface area contributed by atoms with Crippen molar-refractivity contribution in [3.05, 3.63) is 155 Å². The van der Waals surface area contributed by atoms with Gasteiger partial charge in [0.1, 0.15) is 0 Å². The molecule has 6 aromatic carbocycles. The highest BCUT2D eigenvalue weighted by atomic mass is 19.4. The molecule has 0 unspecified atom stereocenters. The van der Waals surface area contributed by atoms with Gasteiger partial charge in [-0.2, -0.15) is 13.2 Å². The summed E-state index contributed by atoms with van der Waals surface area (Å²) >= 11 is 0. The van der Waals surface area contributed by atoms with E-state index in [1.165, 1.54) is 11.0 Å². The first kappa shape index (κ1) is 27.4. The molecule has 2 amide bonds. The van der Waals surface area contributed by atoms with Crippen LogP contribution in [0.25, 0.3) is 49.7 Å². The molecular weight excluding hydrogens is 597 g/mol. The predicted octanol–water partition coefficient (Wildman–Crippen LogP) is 9.84. The minimum Gasteiger partial charge on any atom is -0.308 e. The van der Waals surface area contributed by atoms with E-state index in [2.05, 4.69) is 0 Å². The molecule has 0 atom stereocenters. The van der Waals surface area contributed by atoms with Crippen LogP contribution in [0.2, 0.25) is 0 Å². The van der Waals surface area contributed by atoms with Crippen molar-refractivity contribution in [2.24, 2.45) is 0 Å². The number of alkyl halides is 3. The summed E-state index contributed by atoms with van der Waals surface area (Å²) < 4.78 is 45.0. The molecule has 4 bridgehead atoms. The average molecular weight is 621 g/mol. The van der Waals surface area contributed by atoms with Gasteiger partial charge in [0.05, 0.1) is 39.1 Å². The number of halogens is 3. The van der Waals surface area contributed by atoms with E-state index in [9.17, 15) is 22.8 Å². The molecule has 10 rings (SSSR count). The lowest BCUT2D eigenvalue weighted by Crippen LogP contribution is -2.30. The topological polar surface area (TPSA) is 42.3 Å². The van der Waals surface area contributed by atoms with Crippen molar-refractivity contribution in [1.82, 2.24) is 4.57 Å². The van der Waals surface area contributed by atoms with E-state index in [1.807, 2.05) is 95.6 Å². The quantitative estimate of drug-likeness (QED) is 0.181. The zero-order valence-corrected chi connectivity index (χ0v) is 24.7. The van der Waals surface area contributed by atoms with Crippen LogP contribution in [0.5, 0.6) is 0 Å². The lowest BCUT2D eigenvalue weighted by molar-refractivity contribution is -0.137. The van der Waals surface area contributed by atoms with E-state index in [0.717, 1.165) is 27.9 Å². The van der Waals surface area contributed by atoms with Gasteiger partial charge in [0.2, 0.25) is 0 Å². The van der Waals surface area contributed by atoms with Crippen molar-refractivity contribution < 1.29 is 22.8 Å². The van der Waals surface area contributed by atoms with Gasteiger partial charge in [0, 0.05) is 21.9 Å². The maximum Gasteiger partial charge on any atom is 0.416 e. The number of para-hydroxylation sites is 3. The standard InChI is InChI=1S/C40H23F3N2O2/c41-40(42,43)27-21-23-19-25-17-18-34(44-33-16-7-5-12-30(33)31-14-8-13-29(37(31)44)26(20-23)22-27)36-35(25)38(46)45(39(36)47)32-15-6-4-11-28(32)24-9-2-1-3-10-24/h1-18,20-22H,19H2. The number of amides is 2. The molecular formula is C40H23F3N2O2. The third kappa shape index (κ3) is 3.96. The molecule has 0 spiro atoms. The largest absolute Gasteiger partial charge is 0.416 e. The van der Waals surface area contributed by atoms with Crippen LogP contribution >= 0.6 is 0 Å². The van der Waals surface area contributed by atoms with Gasteiger partial charge in [0.25, 0.3) is 11.8 Å². The molecule has 47 heavy (non-hydrogen) atoms. The molecule has 0 saturated carbocycles. The Morgan fingerprint density at radius 2 is 1.28 bits per heavy atom. The number of carbonyl (C=O) groups excluding carboxylic acids is 2. The highest BCUT2D eigenvalue weighted by Crippen LogP contribution is 2.45. The minimum atomic E-state index is -4.58. The second kappa shape index (κ2) is 9.77. The number of nitrogens with zero attached hydrogens (tertiary/aromatic N) is 2. The lowest BCUT2D eigenvalue weighted by atomic mass is 9.92. The third-order valence-corrected chi connectivity index (χ3v) is 9.29. The molecule has 3 aliphatic rings. The number of imide groups is 1. The van der Waals surface area contributed by atoms with E-state index < -0.39 is 23.6 Å². The summed E-state index contributed by atoms with van der Waals surface area (Å²) in [5.74, 6) is -0.978. The number of anilines is 1. The number of benzene rings is 6. The summed E-state index contributed by atoms with van der Waals surface area (Å²) in [6.45, 7) is 0. The molecule has 0 saturated heterocycles. The maximum absolute atomic E-state index is 14.8. The molecule has 0 fully saturated rings. The molecule has 3 aliphatic heterocycles. The van der Waals surface area contributed by atoms with Crippen LogP contribution < -0.4 is 4.90 Å². The summed E-state index contributed by atoms with van der Waals surface area (Å²) in [5, 5.41) is 1.71. The van der Waals surface area contributed by atoms with E-state index in [0.29, 0.717) is 44.7 Å². The number of aromatic nitrogens is 1. The molecule has 4 nitrogen and oxygen atoms in total. The van der Waals surface area contributed by atoms with Crippen molar-refractivity contribution >= 4 is 39.3 Å². The van der Waals surface area contributed by atoms with Gasteiger partial charge in [-0.1, -0.05) is 97.1 Å². The summed E-state index contributed by atoms with van der Waals surface area (Å²) in [7, 11) is 0. The number of hydrogen-bond donors (Lipinski definition) is 0. The van der Waals surface area contributed by atoms with Crippen molar-refractivity contribution in [3.63, 3.8) is 0 Å². The fourth-order valence-electron chi connectivity index (χ4n) is 7.33. The van der Waals surface area contributed by atoms with Crippen LogP contribution in [0.15, 0.2) is 127 Å². The highest BCUT2D eigenvalue weighted by Gasteiger charge is 2.42. The van der Waals surface area contributed by atoms with Gasteiger partial charge in [-0.05, 0) is 59.0 Å². The molecule has 0 aliphatic carbocycles. The maximum atomic E-state index is 14.8. The Kier molecular flexibility index (Phi) is 5.69. The van der Waals surface area contributed by atoms with Crippen molar-refractivity contribution in [1.29, 1.82) is 0 Å². The summed E-state index contributed by atoms with van der Waals surface area (Å²) in [6, 6.07) is 37.8. The molecule has 226 valence electrons. The summed E-state index contributed by atoms with van der Waals surface area (Å²) in [5.41, 5.74) is 5.54. The minimum absolute atomic E-state index is 0.0400. The van der Waals surface area contributed by atoms with E-state index in [1.54, 1.807) is 24.3 Å². The molecule has 7 heteroatoms. The predicted molar refractivity (Wildman–Crippen MR) is 177 cm³/mol. The number of hydrogen-bond acceptors (Lipinski definition) is 2. The molecule has 0 radical (unpaired) electrons. The number of rotatable bonds is 2. The van der Waals surface area contributed by atoms with Crippen LogP contribution in [0.3, 0.4) is 0 Å². The smallest absolute Gasteiger partial charge is 0.308 e. The average Bonchev–Trinajstić information content (AvgIpc) is 3.55. The Labute approximate surface area is 266 Å². The second-order valence-electron chi connectivity index (χ2n) is 12.0. The van der Waals surface area contributed by atoms with Gasteiger partial charge in [-0.15, -0.1) is 0 Å². The molecule has 4 heterocycles. The van der Waals surface area contributed by atoms with Crippen molar-refractivity contribution in [2.45, 2.75) is 12.6 Å². The first-order chi connectivity index (χ1) is 22.8. The number of carbonyl (C=O) groups is 2. The van der Waals surface area contributed by atoms with Crippen LogP contribution in [0.1, 0.15) is 37.4 Å². The fourth-order valence-corrected chi connectivity index (χ4v) is 7.33. The zero-order chi connectivity index (χ0) is 32.0. The summed E-state index contributed by atoms with van der Waals surface area (Å²) in [4.78, 5) is 30.6. The first-order valence-electron chi connectivity index (χ1n) is 15.2. The van der Waals surface area contributed by atoms with Crippen molar-refractivity contribution in [3.8, 4) is 27.9 Å². The van der Waals surface area contributed by atoms with Gasteiger partial charge in [0.15, 0.2) is 0 Å². The van der Waals surface area contributed by atoms with Gasteiger partial charge < -0.3 is 4.57 Å². The van der Waals surface area contributed by atoms with E-state index in [4.69, 9.17) is 0 Å². The molecule has 0 N–H and O–H groups in total. The Balaban J connectivity index is 1.39.